The van der Waals surface area contributed by atoms with Gasteiger partial charge >= 0.3 is 209 Å². The number of aryl methyl sites for hydroxylation is 1. The van der Waals surface area contributed by atoms with E-state index in [1.165, 1.54) is 61.6 Å². The van der Waals surface area contributed by atoms with Crippen LogP contribution in [0.15, 0.2) is 72.9 Å². The van der Waals surface area contributed by atoms with Gasteiger partial charge in [0.15, 0.2) is 0 Å². The van der Waals surface area contributed by atoms with E-state index in [1.54, 1.807) is 0 Å². The summed E-state index contributed by atoms with van der Waals surface area (Å²) in [6, 6.07) is 30.9. The molecule has 1 spiro atoms. The van der Waals surface area contributed by atoms with Crippen LogP contribution in [0.25, 0.3) is 16.7 Å². The standard InChI is InChI=1S/C39H40N4O.Pt/c1-38(2,3)27-19-22-40-37(23-27)43-36-25-30(17-18-32(36)31-13-10-14-33(31)39(43)20-7-8-21-39)44-29-12-9-11-28(24-29)42-26-41(4)34-15-5-6-16-35(34)42;/h5-6,9,11-12,15-19,22-23,31,33H,7-8,10,13-14,20-21H2,1-4H3;/q-2;. The molecule has 2 aromatic heterocycles. The second kappa shape index (κ2) is 10.8. The molecule has 2 fully saturated rings. The molecule has 2 aliphatic carbocycles. The summed E-state index contributed by atoms with van der Waals surface area (Å²) >= 11 is 2.39. The average molecular weight is 776 g/mol. The summed E-state index contributed by atoms with van der Waals surface area (Å²) in [5.74, 6) is 3.69. The molecule has 234 valence electrons. The number of hydrogen-bond donors (Lipinski definition) is 0. The zero-order chi connectivity index (χ0) is 30.9. The van der Waals surface area contributed by atoms with Gasteiger partial charge in [0.1, 0.15) is 0 Å². The molecule has 3 heterocycles. The molecule has 8 rings (SSSR count). The third kappa shape index (κ3) is 4.68. The van der Waals surface area contributed by atoms with Gasteiger partial charge in [-0.3, -0.25) is 0 Å². The minimum atomic E-state index is 0.0461. The van der Waals surface area contributed by atoms with Gasteiger partial charge in [-0.2, -0.15) is 0 Å². The molecule has 2 saturated carbocycles. The van der Waals surface area contributed by atoms with Gasteiger partial charge < -0.3 is 0 Å². The molecule has 3 aliphatic rings. The maximum absolute atomic E-state index is 6.61. The van der Waals surface area contributed by atoms with Gasteiger partial charge in [-0.1, -0.05) is 40.0 Å². The number of ether oxygens (including phenoxy) is 1. The number of benzene rings is 3. The first-order chi connectivity index (χ1) is 21.7. The fourth-order valence-electron chi connectivity index (χ4n) is 8.55. The van der Waals surface area contributed by atoms with Gasteiger partial charge in [0.25, 0.3) is 0 Å². The van der Waals surface area contributed by atoms with Crippen molar-refractivity contribution in [3.63, 3.8) is 0 Å². The molecule has 0 saturated heterocycles. The Bertz CT molecular complexity index is 1980. The van der Waals surface area contributed by atoms with Crippen molar-refractivity contribution in [3.05, 3.63) is 100.0 Å². The predicted octanol–water partition coefficient (Wildman–Crippen LogP) is 9.48. The quantitative estimate of drug-likeness (QED) is 0.171. The summed E-state index contributed by atoms with van der Waals surface area (Å²) in [5, 5.41) is 0. The molecule has 0 radical (unpaired) electrons. The van der Waals surface area contributed by atoms with E-state index in [0.717, 1.165) is 32.3 Å². The normalized spacial score (nSPS) is 20.5. The van der Waals surface area contributed by atoms with Crippen LogP contribution in [0.3, 0.4) is 0 Å². The number of anilines is 2. The first-order valence-electron chi connectivity index (χ1n) is 16.4. The van der Waals surface area contributed by atoms with Crippen molar-refractivity contribution in [3.8, 4) is 17.2 Å². The van der Waals surface area contributed by atoms with Crippen LogP contribution in [0, 0.1) is 21.9 Å². The maximum atomic E-state index is 6.61. The fraction of sp³-hybridized carbons (Fsp3) is 0.385. The van der Waals surface area contributed by atoms with Crippen LogP contribution < -0.4 is 9.64 Å². The van der Waals surface area contributed by atoms with Gasteiger partial charge in [0, 0.05) is 6.20 Å². The monoisotopic (exact) mass is 775 g/mol. The molecule has 45 heavy (non-hydrogen) atoms. The first kappa shape index (κ1) is 29.0. The number of hydrogen-bond acceptors (Lipinski definition) is 3. The van der Waals surface area contributed by atoms with Crippen molar-refractivity contribution in [2.75, 3.05) is 4.90 Å². The second-order valence-electron chi connectivity index (χ2n) is 14.2. The Morgan fingerprint density at radius 3 is 2.47 bits per heavy atom. The Kier molecular flexibility index (Phi) is 6.98. The SMILES string of the molecule is Cn1[c](=[Pt])n(-c2[c-]c(Oc3[c-]c4c(cc3)C3CCCC3C3(CCCC3)N4c3cc(C(C)(C)C)ccn3)ccc2)c2ccccc21. The van der Waals surface area contributed by atoms with Crippen molar-refractivity contribution in [1.82, 2.24) is 14.1 Å². The molecular formula is C39H40N4OPt-2. The third-order valence-corrected chi connectivity index (χ3v) is 11.9. The van der Waals surface area contributed by atoms with E-state index < -0.39 is 0 Å². The Balaban J connectivity index is 1.23. The predicted molar refractivity (Wildman–Crippen MR) is 176 cm³/mol. The van der Waals surface area contributed by atoms with E-state index in [4.69, 9.17) is 9.72 Å². The van der Waals surface area contributed by atoms with Gasteiger partial charge in [-0.15, -0.1) is 0 Å². The van der Waals surface area contributed by atoms with Gasteiger partial charge in [0.2, 0.25) is 0 Å². The van der Waals surface area contributed by atoms with Crippen LogP contribution in [-0.4, -0.2) is 19.7 Å². The van der Waals surface area contributed by atoms with Crippen LogP contribution in [0.1, 0.15) is 82.8 Å². The fourth-order valence-corrected chi connectivity index (χ4v) is 9.37. The Morgan fingerprint density at radius 1 is 0.889 bits per heavy atom. The van der Waals surface area contributed by atoms with Crippen molar-refractivity contribution in [2.45, 2.75) is 82.6 Å². The number of nitrogens with zero attached hydrogens (tertiary/aromatic N) is 4. The van der Waals surface area contributed by atoms with E-state index in [-0.39, 0.29) is 11.0 Å². The zero-order valence-electron chi connectivity index (χ0n) is 26.5. The van der Waals surface area contributed by atoms with Crippen LogP contribution in [0.2, 0.25) is 0 Å². The van der Waals surface area contributed by atoms with Crippen molar-refractivity contribution < 1.29 is 24.1 Å². The van der Waals surface area contributed by atoms with Crippen LogP contribution in [0.5, 0.6) is 11.5 Å². The molecule has 5 nitrogen and oxygen atoms in total. The topological polar surface area (TPSA) is 35.2 Å². The van der Waals surface area contributed by atoms with Crippen molar-refractivity contribution in [2.24, 2.45) is 13.0 Å². The van der Waals surface area contributed by atoms with Crippen LogP contribution >= 0.6 is 0 Å². The van der Waals surface area contributed by atoms with E-state index in [0.29, 0.717) is 17.6 Å². The molecule has 5 aromatic rings. The summed E-state index contributed by atoms with van der Waals surface area (Å²) in [4.78, 5) is 7.67. The molecule has 3 aromatic carbocycles. The number of pyridine rings is 1. The van der Waals surface area contributed by atoms with E-state index in [9.17, 15) is 0 Å². The Hall–Kier alpha value is -3.43. The summed E-state index contributed by atoms with van der Waals surface area (Å²) < 4.78 is 12.2. The number of imidazole rings is 1. The van der Waals surface area contributed by atoms with Gasteiger partial charge in [-0.05, 0) is 23.5 Å². The molecule has 2 unspecified atom stereocenters. The van der Waals surface area contributed by atoms with Gasteiger partial charge in [0.05, 0.1) is 0 Å². The van der Waals surface area contributed by atoms with Crippen LogP contribution in [0.4, 0.5) is 11.5 Å². The molecule has 0 N–H and O–H groups in total. The number of aromatic nitrogens is 3. The molecule has 0 amide bonds. The number of rotatable bonds is 4. The zero-order valence-corrected chi connectivity index (χ0v) is 28.8. The van der Waals surface area contributed by atoms with E-state index >= 15 is 0 Å². The summed E-state index contributed by atoms with van der Waals surface area (Å²) in [5.41, 5.74) is 7.29. The molecular weight excluding hydrogens is 736 g/mol. The van der Waals surface area contributed by atoms with Crippen LogP contribution in [-0.2, 0) is 31.8 Å². The Labute approximate surface area is 277 Å². The third-order valence-electron chi connectivity index (χ3n) is 10.6. The van der Waals surface area contributed by atoms with E-state index in [2.05, 4.69) is 134 Å². The summed E-state index contributed by atoms with van der Waals surface area (Å²) in [6.07, 6.45) is 10.8. The molecule has 2 atom stereocenters. The second-order valence-corrected chi connectivity index (χ2v) is 15.2. The van der Waals surface area contributed by atoms with Gasteiger partial charge in [-0.25, -0.2) is 0 Å². The van der Waals surface area contributed by atoms with Crippen molar-refractivity contribution in [1.29, 1.82) is 0 Å². The Morgan fingerprint density at radius 2 is 1.67 bits per heavy atom. The molecule has 0 bridgehead atoms. The number of para-hydroxylation sites is 2. The summed E-state index contributed by atoms with van der Waals surface area (Å²) in [7, 11) is 2.10. The minimum absolute atomic E-state index is 0.0461. The summed E-state index contributed by atoms with van der Waals surface area (Å²) in [6.45, 7) is 6.86. The molecule has 6 heteroatoms. The van der Waals surface area contributed by atoms with E-state index in [1.807, 2.05) is 12.3 Å². The average Bonchev–Trinajstić information content (AvgIpc) is 3.77. The number of fused-ring (bicyclic) bond motifs is 5. The molecule has 1 aliphatic heterocycles. The van der Waals surface area contributed by atoms with Crippen molar-refractivity contribution >= 4 is 22.5 Å². The first-order valence-corrected chi connectivity index (χ1v) is 17.5.